The number of benzene rings is 2. The van der Waals surface area contributed by atoms with E-state index in [9.17, 15) is 0 Å². The molecule has 0 fully saturated rings. The lowest BCUT2D eigenvalue weighted by atomic mass is 9.77. The average Bonchev–Trinajstić information content (AvgIpc) is 2.88. The molecule has 0 aliphatic heterocycles. The third kappa shape index (κ3) is 1.29. The Hall–Kier alpha value is -1.82. The summed E-state index contributed by atoms with van der Waals surface area (Å²) in [5.74, 6) is 0.645. The van der Waals surface area contributed by atoms with E-state index in [1.54, 1.807) is 0 Å². The highest BCUT2D eigenvalue weighted by Crippen LogP contribution is 2.55. The van der Waals surface area contributed by atoms with Gasteiger partial charge in [0.25, 0.3) is 0 Å². The van der Waals surface area contributed by atoms with E-state index in [1.807, 2.05) is 0 Å². The fraction of sp³-hybridized carbons (Fsp3) is 0.263. The van der Waals surface area contributed by atoms with Gasteiger partial charge in [0.2, 0.25) is 0 Å². The molecule has 2 atom stereocenters. The highest BCUT2D eigenvalue weighted by Gasteiger charge is 2.45. The Morgan fingerprint density at radius 3 is 2.47 bits per heavy atom. The van der Waals surface area contributed by atoms with E-state index in [2.05, 4.69) is 68.5 Å². The van der Waals surface area contributed by atoms with Crippen LogP contribution in [0.1, 0.15) is 48.4 Å². The molecule has 0 heteroatoms. The summed E-state index contributed by atoms with van der Waals surface area (Å²) < 4.78 is 0. The minimum Gasteiger partial charge on any atom is -0.0660 e. The summed E-state index contributed by atoms with van der Waals surface area (Å²) in [6, 6.07) is 17.9. The molecule has 0 radical (unpaired) electrons. The van der Waals surface area contributed by atoms with Gasteiger partial charge in [0.15, 0.2) is 0 Å². The summed E-state index contributed by atoms with van der Waals surface area (Å²) >= 11 is 0. The monoisotopic (exact) mass is 246 g/mol. The van der Waals surface area contributed by atoms with Crippen molar-refractivity contribution in [2.75, 3.05) is 0 Å². The van der Waals surface area contributed by atoms with Crippen molar-refractivity contribution in [3.8, 4) is 0 Å². The molecule has 19 heavy (non-hydrogen) atoms. The van der Waals surface area contributed by atoms with Gasteiger partial charge in [-0.2, -0.15) is 0 Å². The van der Waals surface area contributed by atoms with Gasteiger partial charge in [0.1, 0.15) is 0 Å². The second-order valence-electron chi connectivity index (χ2n) is 6.04. The van der Waals surface area contributed by atoms with Crippen LogP contribution in [0, 0.1) is 0 Å². The maximum atomic E-state index is 2.50. The zero-order valence-corrected chi connectivity index (χ0v) is 11.5. The first-order chi connectivity index (χ1) is 9.22. The first kappa shape index (κ1) is 11.0. The summed E-state index contributed by atoms with van der Waals surface area (Å²) in [7, 11) is 0. The van der Waals surface area contributed by atoms with Gasteiger partial charge in [-0.05, 0) is 47.1 Å². The molecule has 0 N–H and O–H groups in total. The molecule has 0 nitrogen and oxygen atoms in total. The SMILES string of the molecule is CC1=CC2(CC(C)c3ccccc32)c2ccccc21. The highest BCUT2D eigenvalue weighted by molar-refractivity contribution is 5.79. The van der Waals surface area contributed by atoms with Crippen LogP contribution in [0.15, 0.2) is 54.6 Å². The van der Waals surface area contributed by atoms with Crippen LogP contribution in [0.25, 0.3) is 5.57 Å². The van der Waals surface area contributed by atoms with Crippen LogP contribution in [0.5, 0.6) is 0 Å². The lowest BCUT2D eigenvalue weighted by Crippen LogP contribution is -2.19. The van der Waals surface area contributed by atoms with E-state index in [1.165, 1.54) is 34.2 Å². The van der Waals surface area contributed by atoms with Crippen molar-refractivity contribution < 1.29 is 0 Å². The van der Waals surface area contributed by atoms with E-state index >= 15 is 0 Å². The maximum absolute atomic E-state index is 2.50. The fourth-order valence-electron chi connectivity index (χ4n) is 4.17. The van der Waals surface area contributed by atoms with E-state index in [-0.39, 0.29) is 5.41 Å². The number of allylic oxidation sites excluding steroid dienone is 2. The first-order valence-electron chi connectivity index (χ1n) is 7.11. The third-order valence-electron chi connectivity index (χ3n) is 4.90. The Morgan fingerprint density at radius 2 is 1.63 bits per heavy atom. The van der Waals surface area contributed by atoms with Crippen molar-refractivity contribution in [3.63, 3.8) is 0 Å². The smallest absolute Gasteiger partial charge is 0.0402 e. The molecule has 4 rings (SSSR count). The molecule has 0 aromatic heterocycles. The largest absolute Gasteiger partial charge is 0.0660 e. The van der Waals surface area contributed by atoms with Crippen LogP contribution in [-0.2, 0) is 5.41 Å². The Balaban J connectivity index is 2.04. The molecule has 2 aromatic rings. The molecule has 2 aromatic carbocycles. The van der Waals surface area contributed by atoms with Gasteiger partial charge in [-0.15, -0.1) is 0 Å². The number of rotatable bonds is 0. The van der Waals surface area contributed by atoms with Gasteiger partial charge in [0, 0.05) is 5.41 Å². The van der Waals surface area contributed by atoms with Gasteiger partial charge in [0.05, 0.1) is 0 Å². The summed E-state index contributed by atoms with van der Waals surface area (Å²) in [5.41, 5.74) is 7.56. The van der Waals surface area contributed by atoms with Gasteiger partial charge in [-0.3, -0.25) is 0 Å². The minimum atomic E-state index is 0.136. The van der Waals surface area contributed by atoms with Gasteiger partial charge in [-0.1, -0.05) is 61.5 Å². The van der Waals surface area contributed by atoms with E-state index in [0.717, 1.165) is 0 Å². The summed E-state index contributed by atoms with van der Waals surface area (Å²) in [6.45, 7) is 4.61. The van der Waals surface area contributed by atoms with Crippen molar-refractivity contribution in [2.45, 2.75) is 31.6 Å². The zero-order chi connectivity index (χ0) is 13.0. The Kier molecular flexibility index (Phi) is 2.09. The van der Waals surface area contributed by atoms with Gasteiger partial charge >= 0.3 is 0 Å². The standard InChI is InChI=1S/C19H18/c1-13-11-19(17-9-5-3-7-15(13)17)12-14(2)16-8-4-6-10-18(16)19/h3-11,14H,12H2,1-2H3. The summed E-state index contributed by atoms with van der Waals surface area (Å²) in [4.78, 5) is 0. The van der Waals surface area contributed by atoms with Crippen molar-refractivity contribution >= 4 is 5.57 Å². The van der Waals surface area contributed by atoms with Crippen molar-refractivity contribution in [1.82, 2.24) is 0 Å². The topological polar surface area (TPSA) is 0 Å². The minimum absolute atomic E-state index is 0.136. The van der Waals surface area contributed by atoms with E-state index in [0.29, 0.717) is 5.92 Å². The molecule has 0 saturated heterocycles. The lowest BCUT2D eigenvalue weighted by Gasteiger charge is -2.25. The molecule has 0 heterocycles. The van der Waals surface area contributed by atoms with Crippen LogP contribution in [-0.4, -0.2) is 0 Å². The predicted molar refractivity (Wildman–Crippen MR) is 80.3 cm³/mol. The molecule has 94 valence electrons. The molecule has 0 bridgehead atoms. The Bertz CT molecular complexity index is 693. The molecule has 1 spiro atoms. The van der Waals surface area contributed by atoms with Crippen LogP contribution in [0.3, 0.4) is 0 Å². The Morgan fingerprint density at radius 1 is 0.947 bits per heavy atom. The average molecular weight is 246 g/mol. The second kappa shape index (κ2) is 3.60. The third-order valence-corrected chi connectivity index (χ3v) is 4.90. The predicted octanol–water partition coefficient (Wildman–Crippen LogP) is 4.90. The van der Waals surface area contributed by atoms with Crippen LogP contribution < -0.4 is 0 Å². The zero-order valence-electron chi connectivity index (χ0n) is 11.5. The first-order valence-corrected chi connectivity index (χ1v) is 7.11. The molecule has 2 unspecified atom stereocenters. The quantitative estimate of drug-likeness (QED) is 0.620. The van der Waals surface area contributed by atoms with Gasteiger partial charge in [-0.25, -0.2) is 0 Å². The number of hydrogen-bond acceptors (Lipinski definition) is 0. The number of fused-ring (bicyclic) bond motifs is 4. The molecular formula is C19H18. The molecule has 0 saturated carbocycles. The normalized spacial score (nSPS) is 27.3. The molecule has 0 amide bonds. The summed E-state index contributed by atoms with van der Waals surface area (Å²) in [6.07, 6.45) is 3.71. The van der Waals surface area contributed by atoms with Crippen molar-refractivity contribution in [2.24, 2.45) is 0 Å². The molecular weight excluding hydrogens is 228 g/mol. The molecule has 2 aliphatic rings. The van der Waals surface area contributed by atoms with Crippen LogP contribution in [0.2, 0.25) is 0 Å². The van der Waals surface area contributed by atoms with E-state index < -0.39 is 0 Å². The second-order valence-corrected chi connectivity index (χ2v) is 6.04. The fourth-order valence-corrected chi connectivity index (χ4v) is 4.17. The maximum Gasteiger partial charge on any atom is 0.0402 e. The van der Waals surface area contributed by atoms with Crippen LogP contribution in [0.4, 0.5) is 0 Å². The van der Waals surface area contributed by atoms with Gasteiger partial charge < -0.3 is 0 Å². The van der Waals surface area contributed by atoms with Crippen LogP contribution >= 0.6 is 0 Å². The van der Waals surface area contributed by atoms with Crippen molar-refractivity contribution in [3.05, 3.63) is 76.9 Å². The summed E-state index contributed by atoms with van der Waals surface area (Å²) in [5, 5.41) is 0. The Labute approximate surface area is 114 Å². The molecule has 2 aliphatic carbocycles. The van der Waals surface area contributed by atoms with E-state index in [4.69, 9.17) is 0 Å². The highest BCUT2D eigenvalue weighted by atomic mass is 14.5. The number of hydrogen-bond donors (Lipinski definition) is 0. The lowest BCUT2D eigenvalue weighted by molar-refractivity contribution is 0.588. The van der Waals surface area contributed by atoms with Crippen molar-refractivity contribution in [1.29, 1.82) is 0 Å².